The molecule has 134 valence electrons. The van der Waals surface area contributed by atoms with Crippen LogP contribution in [0.4, 0.5) is 13.2 Å². The number of aliphatic carboxylic acids is 1. The van der Waals surface area contributed by atoms with Crippen LogP contribution in [0.2, 0.25) is 0 Å². The van der Waals surface area contributed by atoms with E-state index in [9.17, 15) is 27.6 Å². The van der Waals surface area contributed by atoms with E-state index in [-0.39, 0.29) is 19.0 Å². The largest absolute Gasteiger partial charge is 0.490 e. The maximum Gasteiger partial charge on any atom is 0.490 e. The Labute approximate surface area is 130 Å². The number of rotatable bonds is 5. The van der Waals surface area contributed by atoms with Gasteiger partial charge in [-0.15, -0.1) is 0 Å². The summed E-state index contributed by atoms with van der Waals surface area (Å²) in [5.41, 5.74) is 7.39. The van der Waals surface area contributed by atoms with E-state index < -0.39 is 24.0 Å². The fraction of sp³-hybridized carbons (Fsp3) is 0.636. The lowest BCUT2D eigenvalue weighted by atomic mass is 10.4. The van der Waals surface area contributed by atoms with Crippen LogP contribution in [-0.2, 0) is 19.2 Å². The molecule has 0 unspecified atom stereocenters. The number of halogens is 3. The van der Waals surface area contributed by atoms with E-state index in [1.165, 1.54) is 6.92 Å². The van der Waals surface area contributed by atoms with Crippen LogP contribution >= 0.6 is 0 Å². The number of carboxylic acid groups (broad SMARTS) is 1. The smallest absolute Gasteiger partial charge is 0.475 e. The lowest BCUT2D eigenvalue weighted by molar-refractivity contribution is -0.192. The highest BCUT2D eigenvalue weighted by Gasteiger charge is 2.38. The molecular formula is C11H19F3N4O5. The number of amides is 3. The molecule has 0 aromatic carbocycles. The van der Waals surface area contributed by atoms with E-state index in [1.54, 1.807) is 0 Å². The van der Waals surface area contributed by atoms with Gasteiger partial charge in [0.1, 0.15) is 6.54 Å². The first-order valence-electron chi connectivity index (χ1n) is 6.30. The van der Waals surface area contributed by atoms with Crippen molar-refractivity contribution in [3.63, 3.8) is 0 Å². The van der Waals surface area contributed by atoms with E-state index in [0.29, 0.717) is 6.54 Å². The summed E-state index contributed by atoms with van der Waals surface area (Å²) in [6.07, 6.45) is -4.28. The molecule has 0 fully saturated rings. The fourth-order valence-corrected chi connectivity index (χ4v) is 0.954. The molecule has 0 radical (unpaired) electrons. The average molecular weight is 344 g/mol. The third-order valence-electron chi connectivity index (χ3n) is 1.88. The van der Waals surface area contributed by atoms with Crippen LogP contribution in [0.15, 0.2) is 0 Å². The summed E-state index contributed by atoms with van der Waals surface area (Å²) in [7, 11) is 0. The minimum absolute atomic E-state index is 0.227. The molecule has 0 bridgehead atoms. The first-order valence-corrected chi connectivity index (χ1v) is 6.30. The minimum Gasteiger partial charge on any atom is -0.475 e. The number of nitrogens with two attached hydrogens (primary N) is 1. The van der Waals surface area contributed by atoms with E-state index in [1.807, 2.05) is 6.92 Å². The Balaban J connectivity index is 0. The van der Waals surface area contributed by atoms with E-state index in [0.717, 1.165) is 11.4 Å². The molecular weight excluding hydrogens is 325 g/mol. The van der Waals surface area contributed by atoms with E-state index >= 15 is 0 Å². The van der Waals surface area contributed by atoms with Gasteiger partial charge in [0.25, 0.3) is 5.91 Å². The van der Waals surface area contributed by atoms with Crippen LogP contribution in [0, 0.1) is 0 Å². The molecule has 0 rings (SSSR count). The van der Waals surface area contributed by atoms with Gasteiger partial charge in [0.05, 0.1) is 6.54 Å². The molecule has 0 aromatic heterocycles. The molecule has 12 heteroatoms. The van der Waals surface area contributed by atoms with Gasteiger partial charge in [-0.05, 0) is 6.42 Å². The third-order valence-corrected chi connectivity index (χ3v) is 1.88. The van der Waals surface area contributed by atoms with Crippen molar-refractivity contribution in [1.29, 1.82) is 0 Å². The van der Waals surface area contributed by atoms with Gasteiger partial charge in [-0.2, -0.15) is 13.2 Å². The van der Waals surface area contributed by atoms with Crippen molar-refractivity contribution in [1.82, 2.24) is 15.8 Å². The molecule has 0 aliphatic rings. The summed E-state index contributed by atoms with van der Waals surface area (Å²) < 4.78 is 31.7. The van der Waals surface area contributed by atoms with E-state index in [4.69, 9.17) is 15.6 Å². The van der Waals surface area contributed by atoms with E-state index in [2.05, 4.69) is 10.7 Å². The van der Waals surface area contributed by atoms with Crippen LogP contribution < -0.4 is 16.5 Å². The Morgan fingerprint density at radius 1 is 1.22 bits per heavy atom. The number of carboxylic acids is 1. The zero-order chi connectivity index (χ0) is 18.6. The number of nitrogens with zero attached hydrogens (tertiary/aromatic N) is 1. The second kappa shape index (κ2) is 11.2. The first kappa shape index (κ1) is 22.9. The maximum absolute atomic E-state index is 11.3. The van der Waals surface area contributed by atoms with Gasteiger partial charge in [-0.25, -0.2) is 9.80 Å². The Morgan fingerprint density at radius 2 is 1.70 bits per heavy atom. The molecule has 0 spiro atoms. The SMILES string of the molecule is CCCNC(=O)CN(NC(C)=O)C(=O)CN.O=C(O)C(F)(F)F. The zero-order valence-corrected chi connectivity index (χ0v) is 12.6. The number of hydrogen-bond acceptors (Lipinski definition) is 5. The standard InChI is InChI=1S/C9H18N4O3.C2HF3O2/c1-3-4-11-8(15)6-13(9(16)5-10)12-7(2)14;3-2(4,5)1(6)7/h3-6,10H2,1-2H3,(H,11,15)(H,12,14);(H,6,7). The first-order chi connectivity index (χ1) is 10.4. The van der Waals surface area contributed by atoms with Crippen molar-refractivity contribution in [2.75, 3.05) is 19.6 Å². The number of hydrogen-bond donors (Lipinski definition) is 4. The Bertz CT molecular complexity index is 428. The van der Waals surface area contributed by atoms with Gasteiger partial charge in [0.15, 0.2) is 0 Å². The van der Waals surface area contributed by atoms with Crippen molar-refractivity contribution < 1.29 is 37.5 Å². The van der Waals surface area contributed by atoms with Crippen molar-refractivity contribution in [2.24, 2.45) is 5.73 Å². The molecule has 0 aliphatic carbocycles. The average Bonchev–Trinajstić information content (AvgIpc) is 2.42. The number of hydrazine groups is 1. The molecule has 0 saturated heterocycles. The van der Waals surface area contributed by atoms with Crippen molar-refractivity contribution in [3.05, 3.63) is 0 Å². The number of carbonyl (C=O) groups is 4. The second-order valence-corrected chi connectivity index (χ2v) is 4.00. The lowest BCUT2D eigenvalue weighted by Gasteiger charge is -2.21. The van der Waals surface area contributed by atoms with Gasteiger partial charge in [0, 0.05) is 13.5 Å². The topological polar surface area (TPSA) is 142 Å². The quantitative estimate of drug-likeness (QED) is 0.471. The third kappa shape index (κ3) is 13.0. The second-order valence-electron chi connectivity index (χ2n) is 4.00. The predicted octanol–water partition coefficient (Wildman–Crippen LogP) is -1.02. The van der Waals surface area contributed by atoms with Gasteiger partial charge in [0.2, 0.25) is 11.8 Å². The number of nitrogens with one attached hydrogen (secondary N) is 2. The molecule has 3 amide bonds. The molecule has 23 heavy (non-hydrogen) atoms. The van der Waals surface area contributed by atoms with Crippen LogP contribution in [-0.4, -0.2) is 59.6 Å². The highest BCUT2D eigenvalue weighted by molar-refractivity contribution is 5.87. The Hall–Kier alpha value is -2.37. The summed E-state index contributed by atoms with van der Waals surface area (Å²) in [4.78, 5) is 42.3. The maximum atomic E-state index is 11.3. The summed E-state index contributed by atoms with van der Waals surface area (Å²) in [5.74, 6) is -4.03. The molecule has 0 aromatic rings. The van der Waals surface area contributed by atoms with Crippen molar-refractivity contribution >= 4 is 23.7 Å². The molecule has 9 nitrogen and oxygen atoms in total. The highest BCUT2D eigenvalue weighted by atomic mass is 19.4. The summed E-state index contributed by atoms with van der Waals surface area (Å²) in [6, 6.07) is 0. The van der Waals surface area contributed by atoms with Crippen molar-refractivity contribution in [2.45, 2.75) is 26.4 Å². The highest BCUT2D eigenvalue weighted by Crippen LogP contribution is 2.13. The van der Waals surface area contributed by atoms with Crippen LogP contribution in [0.3, 0.4) is 0 Å². The molecule has 0 heterocycles. The van der Waals surface area contributed by atoms with Gasteiger partial charge < -0.3 is 16.2 Å². The molecule has 0 saturated carbocycles. The predicted molar refractivity (Wildman–Crippen MR) is 71.6 cm³/mol. The van der Waals surface area contributed by atoms with Gasteiger partial charge >= 0.3 is 12.1 Å². The normalized spacial score (nSPS) is 10.0. The summed E-state index contributed by atoms with van der Waals surface area (Å²) in [6.45, 7) is 3.21. The van der Waals surface area contributed by atoms with Crippen LogP contribution in [0.25, 0.3) is 0 Å². The van der Waals surface area contributed by atoms with Crippen molar-refractivity contribution in [3.8, 4) is 0 Å². The van der Waals surface area contributed by atoms with Gasteiger partial charge in [-0.1, -0.05) is 6.92 Å². The minimum atomic E-state index is -5.08. The fourth-order valence-electron chi connectivity index (χ4n) is 0.954. The summed E-state index contributed by atoms with van der Waals surface area (Å²) in [5, 5.41) is 10.6. The monoisotopic (exact) mass is 344 g/mol. The van der Waals surface area contributed by atoms with Crippen LogP contribution in [0.5, 0.6) is 0 Å². The molecule has 5 N–H and O–H groups in total. The van der Waals surface area contributed by atoms with Gasteiger partial charge in [-0.3, -0.25) is 19.8 Å². The zero-order valence-electron chi connectivity index (χ0n) is 12.6. The summed E-state index contributed by atoms with van der Waals surface area (Å²) >= 11 is 0. The number of alkyl halides is 3. The number of carbonyl (C=O) groups excluding carboxylic acids is 3. The molecule has 0 atom stereocenters. The molecule has 0 aliphatic heterocycles. The Morgan fingerprint density at radius 3 is 2.00 bits per heavy atom. The van der Waals surface area contributed by atoms with Crippen LogP contribution in [0.1, 0.15) is 20.3 Å². The Kier molecular flexibility index (Phi) is 11.2. The lowest BCUT2D eigenvalue weighted by Crippen LogP contribution is -2.52.